The zero-order valence-corrected chi connectivity index (χ0v) is 11.8. The largest absolute Gasteiger partial charge is 0.394 e. The van der Waals surface area contributed by atoms with Crippen LogP contribution < -0.4 is 5.32 Å². The van der Waals surface area contributed by atoms with Crippen molar-refractivity contribution in [2.75, 3.05) is 19.8 Å². The summed E-state index contributed by atoms with van der Waals surface area (Å²) < 4.78 is 7.00. The molecule has 0 bridgehead atoms. The Morgan fingerprint density at radius 3 is 3.00 bits per heavy atom. The van der Waals surface area contributed by atoms with E-state index in [1.165, 1.54) is 0 Å². The summed E-state index contributed by atoms with van der Waals surface area (Å²) in [6.07, 6.45) is 0.851. The Hall–Kier alpha value is 0.350. The maximum Gasteiger partial charge on any atom is 0.107 e. The first-order valence-corrected chi connectivity index (χ1v) is 7.01. The lowest BCUT2D eigenvalue weighted by atomic mass is 10.0. The molecule has 1 aromatic rings. The number of hydrogen-bond acceptors (Lipinski definition) is 4. The van der Waals surface area contributed by atoms with E-state index in [1.54, 1.807) is 11.3 Å². The molecule has 1 aliphatic heterocycles. The summed E-state index contributed by atoms with van der Waals surface area (Å²) >= 11 is 10.9. The van der Waals surface area contributed by atoms with Gasteiger partial charge in [0.1, 0.15) is 4.34 Å². The van der Waals surface area contributed by atoms with Crippen LogP contribution in [-0.4, -0.2) is 30.5 Å². The zero-order valence-electron chi connectivity index (χ0n) is 8.63. The fraction of sp³-hybridized carbons (Fsp3) is 0.600. The van der Waals surface area contributed by atoms with Crippen LogP contribution in [0.2, 0.25) is 4.34 Å². The van der Waals surface area contributed by atoms with E-state index in [4.69, 9.17) is 16.3 Å². The molecule has 1 aromatic heterocycles. The van der Waals surface area contributed by atoms with Gasteiger partial charge in [-0.3, -0.25) is 0 Å². The van der Waals surface area contributed by atoms with Crippen LogP contribution in [-0.2, 0) is 11.3 Å². The van der Waals surface area contributed by atoms with Gasteiger partial charge in [0, 0.05) is 22.5 Å². The van der Waals surface area contributed by atoms with Crippen LogP contribution in [0, 0.1) is 0 Å². The van der Waals surface area contributed by atoms with E-state index >= 15 is 0 Å². The molecule has 2 heterocycles. The summed E-state index contributed by atoms with van der Waals surface area (Å²) in [6.45, 7) is 2.10. The minimum atomic E-state index is -0.275. The van der Waals surface area contributed by atoms with Gasteiger partial charge in [0.2, 0.25) is 0 Å². The van der Waals surface area contributed by atoms with Crippen molar-refractivity contribution < 1.29 is 9.84 Å². The molecule has 3 nitrogen and oxygen atoms in total. The molecule has 1 fully saturated rings. The molecule has 0 unspecified atom stereocenters. The Labute approximate surface area is 112 Å². The molecule has 2 rings (SSSR count). The normalized spacial score (nSPS) is 25.2. The molecule has 16 heavy (non-hydrogen) atoms. The highest BCUT2D eigenvalue weighted by Gasteiger charge is 2.33. The molecular formula is C10H13BrClNO2S. The Morgan fingerprint density at radius 1 is 1.69 bits per heavy atom. The molecule has 90 valence electrons. The summed E-state index contributed by atoms with van der Waals surface area (Å²) in [7, 11) is 0. The maximum absolute atomic E-state index is 9.38. The highest BCUT2D eigenvalue weighted by molar-refractivity contribution is 9.10. The van der Waals surface area contributed by atoms with Gasteiger partial charge in [-0.2, -0.15) is 0 Å². The first kappa shape index (κ1) is 12.8. The van der Waals surface area contributed by atoms with Crippen molar-refractivity contribution in [3.63, 3.8) is 0 Å². The van der Waals surface area contributed by atoms with Crippen molar-refractivity contribution >= 4 is 38.9 Å². The summed E-state index contributed by atoms with van der Waals surface area (Å²) in [5, 5.41) is 12.7. The standard InChI is InChI=1S/C10H13BrClNO2S/c11-8-3-7(16-9(8)12)4-13-10(5-14)1-2-15-6-10/h3,13-14H,1-2,4-6H2/t10-/m1/s1. The highest BCUT2D eigenvalue weighted by atomic mass is 79.9. The van der Waals surface area contributed by atoms with Crippen molar-refractivity contribution in [3.8, 4) is 0 Å². The van der Waals surface area contributed by atoms with Gasteiger partial charge >= 0.3 is 0 Å². The van der Waals surface area contributed by atoms with Crippen molar-refractivity contribution in [2.24, 2.45) is 0 Å². The topological polar surface area (TPSA) is 41.5 Å². The number of aliphatic hydroxyl groups is 1. The third-order valence-electron chi connectivity index (χ3n) is 2.74. The van der Waals surface area contributed by atoms with E-state index < -0.39 is 0 Å². The number of ether oxygens (including phenoxy) is 1. The van der Waals surface area contributed by atoms with Crippen LogP contribution in [0.1, 0.15) is 11.3 Å². The van der Waals surface area contributed by atoms with Crippen molar-refractivity contribution in [1.82, 2.24) is 5.32 Å². The zero-order chi connectivity index (χ0) is 11.6. The van der Waals surface area contributed by atoms with Gasteiger partial charge < -0.3 is 15.2 Å². The quantitative estimate of drug-likeness (QED) is 0.893. The summed E-state index contributed by atoms with van der Waals surface area (Å²) in [6, 6.07) is 2.00. The van der Waals surface area contributed by atoms with Gasteiger partial charge in [0.25, 0.3) is 0 Å². The second kappa shape index (κ2) is 5.33. The SMILES string of the molecule is OC[C@]1(NCc2cc(Br)c(Cl)s2)CCOC1. The molecule has 0 spiro atoms. The average molecular weight is 327 g/mol. The van der Waals surface area contributed by atoms with Crippen LogP contribution in [0.15, 0.2) is 10.5 Å². The Kier molecular flexibility index (Phi) is 4.26. The summed E-state index contributed by atoms with van der Waals surface area (Å²) in [4.78, 5) is 1.15. The number of aliphatic hydroxyl groups excluding tert-OH is 1. The minimum absolute atomic E-state index is 0.104. The first-order valence-electron chi connectivity index (χ1n) is 5.02. The molecule has 6 heteroatoms. The first-order chi connectivity index (χ1) is 7.65. The summed E-state index contributed by atoms with van der Waals surface area (Å²) in [5.74, 6) is 0. The van der Waals surface area contributed by atoms with Crippen LogP contribution in [0.4, 0.5) is 0 Å². The third-order valence-corrected chi connectivity index (χ3v) is 5.21. The average Bonchev–Trinajstić information content (AvgIpc) is 2.85. The minimum Gasteiger partial charge on any atom is -0.394 e. The van der Waals surface area contributed by atoms with E-state index in [1.807, 2.05) is 6.07 Å². The lowest BCUT2D eigenvalue weighted by Crippen LogP contribution is -2.48. The Morgan fingerprint density at radius 2 is 2.50 bits per heavy atom. The number of thiophene rings is 1. The predicted octanol–water partition coefficient (Wildman–Crippen LogP) is 2.41. The summed E-state index contributed by atoms with van der Waals surface area (Å²) in [5.41, 5.74) is -0.275. The van der Waals surface area contributed by atoms with Crippen LogP contribution in [0.5, 0.6) is 0 Å². The number of halogens is 2. The molecule has 0 aliphatic carbocycles. The van der Waals surface area contributed by atoms with Crippen LogP contribution in [0.25, 0.3) is 0 Å². The number of nitrogens with one attached hydrogen (secondary N) is 1. The second-order valence-electron chi connectivity index (χ2n) is 3.93. The second-order valence-corrected chi connectivity index (χ2v) is 6.52. The predicted molar refractivity (Wildman–Crippen MR) is 69.1 cm³/mol. The molecule has 0 saturated carbocycles. The Balaban J connectivity index is 1.95. The molecule has 2 N–H and O–H groups in total. The molecule has 0 aromatic carbocycles. The smallest absolute Gasteiger partial charge is 0.107 e. The van der Waals surface area contributed by atoms with Crippen molar-refractivity contribution in [3.05, 3.63) is 19.8 Å². The monoisotopic (exact) mass is 325 g/mol. The van der Waals surface area contributed by atoms with Gasteiger partial charge in [0.05, 0.1) is 18.8 Å². The molecule has 1 saturated heterocycles. The number of rotatable bonds is 4. The van der Waals surface area contributed by atoms with Gasteiger partial charge in [0.15, 0.2) is 0 Å². The molecule has 1 aliphatic rings. The highest BCUT2D eigenvalue weighted by Crippen LogP contribution is 2.32. The van der Waals surface area contributed by atoms with E-state index in [9.17, 15) is 5.11 Å². The lowest BCUT2D eigenvalue weighted by Gasteiger charge is -2.25. The van der Waals surface area contributed by atoms with Crippen LogP contribution in [0.3, 0.4) is 0 Å². The number of hydrogen-bond donors (Lipinski definition) is 2. The van der Waals surface area contributed by atoms with Gasteiger partial charge in [-0.1, -0.05) is 11.6 Å². The van der Waals surface area contributed by atoms with Gasteiger partial charge in [-0.15, -0.1) is 11.3 Å². The van der Waals surface area contributed by atoms with E-state index in [2.05, 4.69) is 21.2 Å². The molecule has 1 atom stereocenters. The molecular weight excluding hydrogens is 314 g/mol. The third kappa shape index (κ3) is 2.78. The van der Waals surface area contributed by atoms with E-state index in [0.29, 0.717) is 19.8 Å². The van der Waals surface area contributed by atoms with Gasteiger partial charge in [-0.05, 0) is 28.4 Å². The van der Waals surface area contributed by atoms with Crippen molar-refractivity contribution in [1.29, 1.82) is 0 Å². The Bertz CT molecular complexity index is 346. The molecule has 0 amide bonds. The van der Waals surface area contributed by atoms with E-state index in [-0.39, 0.29) is 12.1 Å². The van der Waals surface area contributed by atoms with Gasteiger partial charge in [-0.25, -0.2) is 0 Å². The van der Waals surface area contributed by atoms with E-state index in [0.717, 1.165) is 20.1 Å². The fourth-order valence-electron chi connectivity index (χ4n) is 1.68. The lowest BCUT2D eigenvalue weighted by molar-refractivity contribution is 0.120. The maximum atomic E-state index is 9.38. The molecule has 0 radical (unpaired) electrons. The van der Waals surface area contributed by atoms with Crippen LogP contribution >= 0.6 is 38.9 Å². The van der Waals surface area contributed by atoms with Crippen molar-refractivity contribution in [2.45, 2.75) is 18.5 Å². The fourth-order valence-corrected chi connectivity index (χ4v) is 3.41.